The Morgan fingerprint density at radius 1 is 1.67 bits per heavy atom. The van der Waals surface area contributed by atoms with Crippen LogP contribution >= 0.6 is 0 Å². The maximum absolute atomic E-state index is 10.5. The fourth-order valence-corrected chi connectivity index (χ4v) is 1.30. The van der Waals surface area contributed by atoms with Crippen molar-refractivity contribution in [3.63, 3.8) is 0 Å². The lowest BCUT2D eigenvalue weighted by Crippen LogP contribution is -2.36. The van der Waals surface area contributed by atoms with Crippen molar-refractivity contribution in [2.45, 2.75) is 38.6 Å². The fraction of sp³-hybridized carbons (Fsp3) is 0.700. The van der Waals surface area contributed by atoms with E-state index in [-0.39, 0.29) is 6.42 Å². The zero-order valence-electron chi connectivity index (χ0n) is 9.13. The second kappa shape index (κ2) is 4.96. The third-order valence-electron chi connectivity index (χ3n) is 2.05. The van der Waals surface area contributed by atoms with E-state index >= 15 is 0 Å². The largest absolute Gasteiger partial charge is 0.481 e. The minimum Gasteiger partial charge on any atom is -0.481 e. The molecule has 0 spiro atoms. The van der Waals surface area contributed by atoms with E-state index in [2.05, 4.69) is 21.7 Å². The molecule has 0 amide bonds. The highest BCUT2D eigenvalue weighted by Crippen LogP contribution is 2.13. The van der Waals surface area contributed by atoms with Gasteiger partial charge in [0.15, 0.2) is 0 Å². The van der Waals surface area contributed by atoms with Crippen molar-refractivity contribution in [1.82, 2.24) is 10.9 Å². The third-order valence-corrected chi connectivity index (χ3v) is 2.05. The van der Waals surface area contributed by atoms with Crippen LogP contribution in [0.4, 0.5) is 0 Å². The van der Waals surface area contributed by atoms with Crippen LogP contribution in [0.3, 0.4) is 0 Å². The predicted molar refractivity (Wildman–Crippen MR) is 57.7 cm³/mol. The van der Waals surface area contributed by atoms with Crippen LogP contribution < -0.4 is 10.9 Å². The van der Waals surface area contributed by atoms with Crippen LogP contribution in [0.1, 0.15) is 33.1 Å². The van der Waals surface area contributed by atoms with Gasteiger partial charge in [-0.05, 0) is 26.7 Å². The monoisotopic (exact) mass is 211 g/mol. The Bertz CT molecular complexity index is 296. The molecule has 84 valence electrons. The van der Waals surface area contributed by atoms with Crippen LogP contribution in [-0.2, 0) is 4.79 Å². The number of nitrogens with zero attached hydrogens (tertiary/aromatic N) is 1. The van der Waals surface area contributed by atoms with Crippen molar-refractivity contribution < 1.29 is 9.90 Å². The summed E-state index contributed by atoms with van der Waals surface area (Å²) >= 11 is 0. The van der Waals surface area contributed by atoms with Crippen LogP contribution in [-0.4, -0.2) is 29.0 Å². The summed E-state index contributed by atoms with van der Waals surface area (Å²) in [5, 5.41) is 8.66. The van der Waals surface area contributed by atoms with Gasteiger partial charge in [0, 0.05) is 12.4 Å². The summed E-state index contributed by atoms with van der Waals surface area (Å²) in [5.41, 5.74) is 6.23. The van der Waals surface area contributed by atoms with Crippen LogP contribution in [0.25, 0.3) is 0 Å². The van der Waals surface area contributed by atoms with Gasteiger partial charge in [0.2, 0.25) is 0 Å². The van der Waals surface area contributed by atoms with Gasteiger partial charge in [0.25, 0.3) is 0 Å². The van der Waals surface area contributed by atoms with Crippen LogP contribution in [0, 0.1) is 0 Å². The highest BCUT2D eigenvalue weighted by Gasteiger charge is 2.19. The molecule has 0 aromatic heterocycles. The van der Waals surface area contributed by atoms with E-state index in [1.54, 1.807) is 13.8 Å². The standard InChI is InChI=1S/C10H17N3O2/c1-10(2,6-9(14)15)11-7-8-4-3-5-12-13-8/h12-13H,3-6H2,1-2H3,(H,14,15). The van der Waals surface area contributed by atoms with Crippen LogP contribution in [0.2, 0.25) is 0 Å². The first-order chi connectivity index (χ1) is 6.99. The average Bonchev–Trinajstić information content (AvgIpc) is 2.15. The SMILES string of the molecule is CC(C)(CC(=O)O)N=C=C1CCCNN1. The lowest BCUT2D eigenvalue weighted by atomic mass is 10.0. The van der Waals surface area contributed by atoms with Gasteiger partial charge in [-0.15, -0.1) is 0 Å². The molecule has 1 fully saturated rings. The summed E-state index contributed by atoms with van der Waals surface area (Å²) in [7, 11) is 0. The number of aliphatic imine (C=N–C) groups is 1. The molecule has 0 saturated carbocycles. The zero-order valence-corrected chi connectivity index (χ0v) is 9.13. The molecule has 15 heavy (non-hydrogen) atoms. The van der Waals surface area contributed by atoms with Crippen LogP contribution in [0.15, 0.2) is 10.7 Å². The predicted octanol–water partition coefficient (Wildman–Crippen LogP) is 0.681. The summed E-state index contributed by atoms with van der Waals surface area (Å²) < 4.78 is 0. The third kappa shape index (κ3) is 4.63. The van der Waals surface area contributed by atoms with Crippen molar-refractivity contribution in [3.05, 3.63) is 5.70 Å². The molecule has 5 nitrogen and oxygen atoms in total. The molecule has 3 N–H and O–H groups in total. The molecule has 0 aliphatic carbocycles. The molecule has 0 atom stereocenters. The maximum Gasteiger partial charge on any atom is 0.305 e. The van der Waals surface area contributed by atoms with E-state index in [0.29, 0.717) is 0 Å². The summed E-state index contributed by atoms with van der Waals surface area (Å²) in [6, 6.07) is 0. The quantitative estimate of drug-likeness (QED) is 0.600. The number of hydrogen-bond acceptors (Lipinski definition) is 4. The Kier molecular flexibility index (Phi) is 3.88. The first-order valence-electron chi connectivity index (χ1n) is 5.04. The lowest BCUT2D eigenvalue weighted by Gasteiger charge is -2.17. The van der Waals surface area contributed by atoms with Gasteiger partial charge in [-0.2, -0.15) is 0 Å². The Morgan fingerprint density at radius 3 is 2.93 bits per heavy atom. The zero-order chi connectivity index (χ0) is 11.3. The van der Waals surface area contributed by atoms with E-state index in [0.717, 1.165) is 25.1 Å². The van der Waals surface area contributed by atoms with E-state index in [1.807, 2.05) is 0 Å². The van der Waals surface area contributed by atoms with Gasteiger partial charge in [0.1, 0.15) is 0 Å². The summed E-state index contributed by atoms with van der Waals surface area (Å²) in [6.07, 6.45) is 1.96. The minimum atomic E-state index is -0.842. The molecule has 0 aromatic rings. The van der Waals surface area contributed by atoms with Gasteiger partial charge in [0.05, 0.1) is 17.7 Å². The van der Waals surface area contributed by atoms with Gasteiger partial charge >= 0.3 is 5.97 Å². The minimum absolute atomic E-state index is 0.0146. The summed E-state index contributed by atoms with van der Waals surface area (Å²) in [4.78, 5) is 14.7. The number of hydrogen-bond donors (Lipinski definition) is 3. The molecular formula is C10H17N3O2. The average molecular weight is 211 g/mol. The molecule has 0 aromatic carbocycles. The molecule has 0 radical (unpaired) electrons. The van der Waals surface area contributed by atoms with Crippen molar-refractivity contribution in [2.24, 2.45) is 4.99 Å². The molecular weight excluding hydrogens is 194 g/mol. The van der Waals surface area contributed by atoms with E-state index in [4.69, 9.17) is 5.11 Å². The second-order valence-corrected chi connectivity index (χ2v) is 4.24. The molecule has 0 bridgehead atoms. The smallest absolute Gasteiger partial charge is 0.305 e. The van der Waals surface area contributed by atoms with Crippen molar-refractivity contribution in [1.29, 1.82) is 0 Å². The van der Waals surface area contributed by atoms with Gasteiger partial charge in [-0.3, -0.25) is 4.79 Å². The number of nitrogens with one attached hydrogen (secondary N) is 2. The lowest BCUT2D eigenvalue weighted by molar-refractivity contribution is -0.138. The van der Waals surface area contributed by atoms with E-state index in [9.17, 15) is 4.79 Å². The maximum atomic E-state index is 10.5. The summed E-state index contributed by atoms with van der Waals surface area (Å²) in [5.74, 6) is 2.03. The van der Waals surface area contributed by atoms with Gasteiger partial charge in [-0.1, -0.05) is 0 Å². The van der Waals surface area contributed by atoms with Crippen molar-refractivity contribution in [2.75, 3.05) is 6.54 Å². The second-order valence-electron chi connectivity index (χ2n) is 4.24. The molecule has 5 heteroatoms. The molecule has 1 rings (SSSR count). The molecule has 1 aliphatic heterocycles. The number of carbonyl (C=O) groups is 1. The topological polar surface area (TPSA) is 73.7 Å². The first kappa shape index (κ1) is 11.8. The number of carboxylic acid groups (broad SMARTS) is 1. The number of aliphatic carboxylic acids is 1. The van der Waals surface area contributed by atoms with Crippen LogP contribution in [0.5, 0.6) is 0 Å². The molecule has 1 heterocycles. The van der Waals surface area contributed by atoms with E-state index < -0.39 is 11.5 Å². The molecule has 1 saturated heterocycles. The van der Waals surface area contributed by atoms with E-state index in [1.165, 1.54) is 0 Å². The molecule has 1 aliphatic rings. The van der Waals surface area contributed by atoms with Crippen molar-refractivity contribution in [3.8, 4) is 0 Å². The van der Waals surface area contributed by atoms with Gasteiger partial charge in [-0.25, -0.2) is 10.4 Å². The summed E-state index contributed by atoms with van der Waals surface area (Å²) in [6.45, 7) is 4.50. The normalized spacial score (nSPS) is 16.5. The number of carboxylic acids is 1. The highest BCUT2D eigenvalue weighted by molar-refractivity contribution is 5.69. The Balaban J connectivity index is 2.64. The van der Waals surface area contributed by atoms with Crippen molar-refractivity contribution >= 4 is 11.8 Å². The number of allylic oxidation sites excluding steroid dienone is 1. The fourth-order valence-electron chi connectivity index (χ4n) is 1.30. The number of rotatable bonds is 3. The Hall–Kier alpha value is -1.32. The van der Waals surface area contributed by atoms with Gasteiger partial charge < -0.3 is 10.5 Å². The Labute approximate surface area is 89.2 Å². The highest BCUT2D eigenvalue weighted by atomic mass is 16.4. The molecule has 0 unspecified atom stereocenters. The Morgan fingerprint density at radius 2 is 2.40 bits per heavy atom. The number of hydrazine groups is 1. The first-order valence-corrected chi connectivity index (χ1v) is 5.04.